The molecule has 0 spiro atoms. The van der Waals surface area contributed by atoms with Crippen LogP contribution < -0.4 is 5.73 Å². The molecule has 1 heterocycles. The average Bonchev–Trinajstić information content (AvgIpc) is 2.09. The van der Waals surface area contributed by atoms with Crippen LogP contribution in [0.25, 0.3) is 0 Å². The second kappa shape index (κ2) is 4.01. The first kappa shape index (κ1) is 8.93. The highest BCUT2D eigenvalue weighted by Crippen LogP contribution is 2.09. The molecule has 0 aliphatic heterocycles. The summed E-state index contributed by atoms with van der Waals surface area (Å²) in [5.41, 5.74) is 6.58. The molecular weight excluding hydrogens is 154 g/mol. The Bertz CT molecular complexity index is 252. The van der Waals surface area contributed by atoms with Gasteiger partial charge in [0.15, 0.2) is 0 Å². The smallest absolute Gasteiger partial charge is 0.149 e. The third-order valence-electron chi connectivity index (χ3n) is 1.75. The van der Waals surface area contributed by atoms with E-state index in [2.05, 4.69) is 10.2 Å². The molecule has 0 amide bonds. The zero-order chi connectivity index (χ0) is 8.97. The molecule has 0 saturated carbocycles. The maximum atomic E-state index is 5.59. The lowest BCUT2D eigenvalue weighted by Gasteiger charge is -2.09. The topological polar surface area (TPSA) is 61.0 Å². The van der Waals surface area contributed by atoms with Crippen molar-refractivity contribution in [2.45, 2.75) is 19.4 Å². The van der Waals surface area contributed by atoms with E-state index in [1.165, 1.54) is 0 Å². The lowest BCUT2D eigenvalue weighted by Crippen LogP contribution is -2.11. The Kier molecular flexibility index (Phi) is 2.99. The van der Waals surface area contributed by atoms with E-state index in [1.54, 1.807) is 13.3 Å². The van der Waals surface area contributed by atoms with Gasteiger partial charge in [-0.1, -0.05) is 0 Å². The molecule has 0 aromatic carbocycles. The van der Waals surface area contributed by atoms with Crippen LogP contribution in [0.4, 0.5) is 5.82 Å². The predicted molar refractivity (Wildman–Crippen MR) is 46.6 cm³/mol. The summed E-state index contributed by atoms with van der Waals surface area (Å²) in [4.78, 5) is 0. The Labute approximate surface area is 71.8 Å². The van der Waals surface area contributed by atoms with Gasteiger partial charge < -0.3 is 10.5 Å². The molecule has 2 N–H and O–H groups in total. The first-order chi connectivity index (χ1) is 5.74. The SMILES string of the molecule is COC(C)Cc1ccnnc1N. The van der Waals surface area contributed by atoms with Crippen molar-refractivity contribution in [3.63, 3.8) is 0 Å². The van der Waals surface area contributed by atoms with E-state index < -0.39 is 0 Å². The summed E-state index contributed by atoms with van der Waals surface area (Å²) in [7, 11) is 1.68. The predicted octanol–water partition coefficient (Wildman–Crippen LogP) is 0.636. The highest BCUT2D eigenvalue weighted by atomic mass is 16.5. The Hall–Kier alpha value is -1.16. The highest BCUT2D eigenvalue weighted by Gasteiger charge is 2.04. The minimum absolute atomic E-state index is 0.163. The second-order valence-electron chi connectivity index (χ2n) is 2.69. The van der Waals surface area contributed by atoms with Gasteiger partial charge in [0.2, 0.25) is 0 Å². The van der Waals surface area contributed by atoms with E-state index in [1.807, 2.05) is 13.0 Å². The standard InChI is InChI=1S/C8H13N3O/c1-6(12-2)5-7-3-4-10-11-8(7)9/h3-4,6H,5H2,1-2H3,(H2,9,11). The number of nitrogens with two attached hydrogens (primary N) is 1. The fourth-order valence-corrected chi connectivity index (χ4v) is 0.934. The van der Waals surface area contributed by atoms with Crippen molar-refractivity contribution in [3.05, 3.63) is 17.8 Å². The highest BCUT2D eigenvalue weighted by molar-refractivity contribution is 5.37. The molecule has 4 heteroatoms. The molecule has 0 radical (unpaired) electrons. The fourth-order valence-electron chi connectivity index (χ4n) is 0.934. The van der Waals surface area contributed by atoms with Crippen LogP contribution in [0.15, 0.2) is 12.3 Å². The third-order valence-corrected chi connectivity index (χ3v) is 1.75. The molecule has 0 aliphatic carbocycles. The lowest BCUT2D eigenvalue weighted by molar-refractivity contribution is 0.119. The summed E-state index contributed by atoms with van der Waals surface area (Å²) in [6.07, 6.45) is 2.57. The van der Waals surface area contributed by atoms with Gasteiger partial charge in [0.25, 0.3) is 0 Å². The first-order valence-electron chi connectivity index (χ1n) is 3.83. The van der Waals surface area contributed by atoms with Crippen molar-refractivity contribution in [2.24, 2.45) is 0 Å². The lowest BCUT2D eigenvalue weighted by atomic mass is 10.1. The Morgan fingerprint density at radius 3 is 3.00 bits per heavy atom. The van der Waals surface area contributed by atoms with Crippen LogP contribution in [-0.4, -0.2) is 23.4 Å². The van der Waals surface area contributed by atoms with Crippen LogP contribution in [-0.2, 0) is 11.2 Å². The Morgan fingerprint density at radius 2 is 2.42 bits per heavy atom. The van der Waals surface area contributed by atoms with E-state index in [0.29, 0.717) is 5.82 Å². The summed E-state index contributed by atoms with van der Waals surface area (Å²) in [6.45, 7) is 1.99. The molecular formula is C8H13N3O. The molecule has 1 atom stereocenters. The van der Waals surface area contributed by atoms with Gasteiger partial charge in [-0.15, -0.1) is 5.10 Å². The Morgan fingerprint density at radius 1 is 1.67 bits per heavy atom. The number of hydrogen-bond acceptors (Lipinski definition) is 4. The van der Waals surface area contributed by atoms with E-state index >= 15 is 0 Å². The summed E-state index contributed by atoms with van der Waals surface area (Å²) in [5.74, 6) is 0.487. The van der Waals surface area contributed by atoms with Crippen molar-refractivity contribution in [1.29, 1.82) is 0 Å². The maximum Gasteiger partial charge on any atom is 0.149 e. The minimum atomic E-state index is 0.163. The fraction of sp³-hybridized carbons (Fsp3) is 0.500. The van der Waals surface area contributed by atoms with Gasteiger partial charge in [0.1, 0.15) is 5.82 Å². The molecule has 1 unspecified atom stereocenters. The maximum absolute atomic E-state index is 5.59. The number of anilines is 1. The van der Waals surface area contributed by atoms with E-state index in [-0.39, 0.29) is 6.10 Å². The summed E-state index contributed by atoms with van der Waals surface area (Å²) in [5, 5.41) is 7.40. The molecule has 0 saturated heterocycles. The van der Waals surface area contributed by atoms with Crippen LogP contribution in [0, 0.1) is 0 Å². The van der Waals surface area contributed by atoms with Gasteiger partial charge in [-0.3, -0.25) is 0 Å². The van der Waals surface area contributed by atoms with Crippen LogP contribution in [0.5, 0.6) is 0 Å². The largest absolute Gasteiger partial charge is 0.382 e. The molecule has 0 fully saturated rings. The second-order valence-corrected chi connectivity index (χ2v) is 2.69. The Balaban J connectivity index is 2.69. The number of hydrogen-bond donors (Lipinski definition) is 1. The summed E-state index contributed by atoms with van der Waals surface area (Å²) in [6, 6.07) is 1.86. The van der Waals surface area contributed by atoms with Crippen molar-refractivity contribution < 1.29 is 4.74 Å². The van der Waals surface area contributed by atoms with Crippen molar-refractivity contribution >= 4 is 5.82 Å². The van der Waals surface area contributed by atoms with Crippen LogP contribution in [0.3, 0.4) is 0 Å². The number of nitrogens with zero attached hydrogens (tertiary/aromatic N) is 2. The van der Waals surface area contributed by atoms with Gasteiger partial charge in [0.05, 0.1) is 12.3 Å². The van der Waals surface area contributed by atoms with Gasteiger partial charge in [-0.05, 0) is 13.0 Å². The minimum Gasteiger partial charge on any atom is -0.382 e. The number of nitrogen functional groups attached to an aromatic ring is 1. The zero-order valence-corrected chi connectivity index (χ0v) is 7.32. The average molecular weight is 167 g/mol. The van der Waals surface area contributed by atoms with Crippen molar-refractivity contribution in [1.82, 2.24) is 10.2 Å². The molecule has 1 rings (SSSR count). The number of aromatic nitrogens is 2. The molecule has 1 aromatic rings. The van der Waals surface area contributed by atoms with Gasteiger partial charge in [-0.25, -0.2) is 0 Å². The van der Waals surface area contributed by atoms with Gasteiger partial charge >= 0.3 is 0 Å². The van der Waals surface area contributed by atoms with Gasteiger partial charge in [0, 0.05) is 19.1 Å². The third kappa shape index (κ3) is 2.17. The molecule has 12 heavy (non-hydrogen) atoms. The monoisotopic (exact) mass is 167 g/mol. The molecule has 1 aromatic heterocycles. The molecule has 0 bridgehead atoms. The quantitative estimate of drug-likeness (QED) is 0.717. The van der Waals surface area contributed by atoms with Crippen LogP contribution >= 0.6 is 0 Å². The summed E-state index contributed by atoms with van der Waals surface area (Å²) < 4.78 is 5.11. The number of ether oxygens (including phenoxy) is 1. The number of rotatable bonds is 3. The molecule has 0 aliphatic rings. The normalized spacial score (nSPS) is 12.8. The summed E-state index contributed by atoms with van der Waals surface area (Å²) >= 11 is 0. The van der Waals surface area contributed by atoms with Crippen LogP contribution in [0.1, 0.15) is 12.5 Å². The van der Waals surface area contributed by atoms with Crippen LogP contribution in [0.2, 0.25) is 0 Å². The van der Waals surface area contributed by atoms with Crippen molar-refractivity contribution in [2.75, 3.05) is 12.8 Å². The molecule has 66 valence electrons. The first-order valence-corrected chi connectivity index (χ1v) is 3.83. The van der Waals surface area contributed by atoms with E-state index in [0.717, 1.165) is 12.0 Å². The van der Waals surface area contributed by atoms with Gasteiger partial charge in [-0.2, -0.15) is 5.10 Å². The number of methoxy groups -OCH3 is 1. The van der Waals surface area contributed by atoms with E-state index in [9.17, 15) is 0 Å². The van der Waals surface area contributed by atoms with E-state index in [4.69, 9.17) is 10.5 Å². The van der Waals surface area contributed by atoms with Crippen molar-refractivity contribution in [3.8, 4) is 0 Å². The molecule has 4 nitrogen and oxygen atoms in total. The zero-order valence-electron chi connectivity index (χ0n) is 7.32.